The third-order valence-electron chi connectivity index (χ3n) is 1.86. The SMILES string of the molecule is CCC(C)([O])Oc1ccc(C)nc1. The van der Waals surface area contributed by atoms with E-state index in [2.05, 4.69) is 4.98 Å². The first-order valence-electron chi connectivity index (χ1n) is 4.35. The largest absolute Gasteiger partial charge is 0.458 e. The third-order valence-corrected chi connectivity index (χ3v) is 1.86. The average Bonchev–Trinajstić information content (AvgIpc) is 2.09. The number of aryl methyl sites for hydroxylation is 1. The Hall–Kier alpha value is -1.09. The van der Waals surface area contributed by atoms with Gasteiger partial charge < -0.3 is 4.74 Å². The molecule has 13 heavy (non-hydrogen) atoms. The van der Waals surface area contributed by atoms with Crippen molar-refractivity contribution in [3.05, 3.63) is 24.0 Å². The van der Waals surface area contributed by atoms with E-state index in [4.69, 9.17) is 4.74 Å². The molecule has 0 aliphatic heterocycles. The predicted octanol–water partition coefficient (Wildman–Crippen LogP) is 2.33. The molecule has 0 aliphatic carbocycles. The summed E-state index contributed by atoms with van der Waals surface area (Å²) in [6, 6.07) is 3.58. The van der Waals surface area contributed by atoms with Crippen LogP contribution >= 0.6 is 0 Å². The van der Waals surface area contributed by atoms with E-state index in [1.54, 1.807) is 19.2 Å². The van der Waals surface area contributed by atoms with Crippen LogP contribution in [0.3, 0.4) is 0 Å². The van der Waals surface area contributed by atoms with Gasteiger partial charge in [-0.15, -0.1) is 0 Å². The van der Waals surface area contributed by atoms with Crippen LogP contribution in [0.25, 0.3) is 0 Å². The molecule has 0 spiro atoms. The van der Waals surface area contributed by atoms with Crippen LogP contribution in [0.4, 0.5) is 0 Å². The van der Waals surface area contributed by atoms with Gasteiger partial charge in [0.15, 0.2) is 0 Å². The second-order valence-corrected chi connectivity index (χ2v) is 3.22. The van der Waals surface area contributed by atoms with Crippen LogP contribution in [-0.2, 0) is 5.11 Å². The van der Waals surface area contributed by atoms with Crippen molar-refractivity contribution in [2.45, 2.75) is 33.0 Å². The molecule has 3 nitrogen and oxygen atoms in total. The number of rotatable bonds is 3. The molecule has 0 saturated heterocycles. The molecule has 1 heterocycles. The lowest BCUT2D eigenvalue weighted by Gasteiger charge is -2.20. The quantitative estimate of drug-likeness (QED) is 0.670. The molecule has 1 unspecified atom stereocenters. The fourth-order valence-electron chi connectivity index (χ4n) is 0.836. The smallest absolute Gasteiger partial charge is 0.238 e. The van der Waals surface area contributed by atoms with Crippen molar-refractivity contribution in [3.8, 4) is 5.75 Å². The summed E-state index contributed by atoms with van der Waals surface area (Å²) in [5.41, 5.74) is 0.913. The highest BCUT2D eigenvalue weighted by molar-refractivity contribution is 5.19. The fraction of sp³-hybridized carbons (Fsp3) is 0.500. The summed E-state index contributed by atoms with van der Waals surface area (Å²) < 4.78 is 5.19. The third kappa shape index (κ3) is 3.03. The lowest BCUT2D eigenvalue weighted by molar-refractivity contribution is -0.170. The Balaban J connectivity index is 2.69. The number of pyridine rings is 1. The first kappa shape index (κ1) is 9.99. The van der Waals surface area contributed by atoms with Gasteiger partial charge in [-0.25, -0.2) is 0 Å². The van der Waals surface area contributed by atoms with Crippen molar-refractivity contribution in [1.29, 1.82) is 0 Å². The zero-order chi connectivity index (χ0) is 9.90. The zero-order valence-electron chi connectivity index (χ0n) is 8.20. The molecule has 0 saturated carbocycles. The first-order valence-corrected chi connectivity index (χ1v) is 4.35. The summed E-state index contributed by atoms with van der Waals surface area (Å²) >= 11 is 0. The van der Waals surface area contributed by atoms with Crippen molar-refractivity contribution in [2.24, 2.45) is 0 Å². The molecule has 1 aromatic heterocycles. The molecule has 3 heteroatoms. The van der Waals surface area contributed by atoms with Crippen molar-refractivity contribution in [3.63, 3.8) is 0 Å². The summed E-state index contributed by atoms with van der Waals surface area (Å²) in [6.45, 7) is 5.21. The van der Waals surface area contributed by atoms with Gasteiger partial charge >= 0.3 is 0 Å². The van der Waals surface area contributed by atoms with E-state index in [0.717, 1.165) is 5.69 Å². The van der Waals surface area contributed by atoms with E-state index in [1.165, 1.54) is 6.92 Å². The Morgan fingerprint density at radius 2 is 2.23 bits per heavy atom. The first-order chi connectivity index (χ1) is 6.03. The molecule has 0 fully saturated rings. The number of hydrogen-bond acceptors (Lipinski definition) is 2. The Morgan fingerprint density at radius 3 is 2.69 bits per heavy atom. The van der Waals surface area contributed by atoms with E-state index in [0.29, 0.717) is 12.2 Å². The number of hydrogen-bond donors (Lipinski definition) is 0. The van der Waals surface area contributed by atoms with Crippen LogP contribution in [0.1, 0.15) is 26.0 Å². The standard InChI is InChI=1S/C10H14NO2/c1-4-10(3,12)13-9-6-5-8(2)11-7-9/h5-7H,4H2,1-3H3. The van der Waals surface area contributed by atoms with Gasteiger partial charge in [-0.05, 0) is 19.1 Å². The van der Waals surface area contributed by atoms with Gasteiger partial charge in [0.05, 0.1) is 6.20 Å². The summed E-state index contributed by atoms with van der Waals surface area (Å²) in [4.78, 5) is 4.03. The van der Waals surface area contributed by atoms with Crippen LogP contribution in [-0.4, -0.2) is 10.8 Å². The molecule has 0 bridgehead atoms. The molecule has 71 valence electrons. The fourth-order valence-corrected chi connectivity index (χ4v) is 0.836. The highest BCUT2D eigenvalue weighted by Gasteiger charge is 2.21. The molecular formula is C10H14NO2. The molecule has 1 radical (unpaired) electrons. The van der Waals surface area contributed by atoms with E-state index in [1.807, 2.05) is 13.0 Å². The number of nitrogens with zero attached hydrogens (tertiary/aromatic N) is 1. The van der Waals surface area contributed by atoms with Gasteiger partial charge in [-0.1, -0.05) is 6.92 Å². The van der Waals surface area contributed by atoms with Crippen LogP contribution in [0, 0.1) is 6.92 Å². The average molecular weight is 180 g/mol. The van der Waals surface area contributed by atoms with Crippen molar-refractivity contribution < 1.29 is 9.84 Å². The molecule has 0 aliphatic rings. The molecule has 1 atom stereocenters. The summed E-state index contributed by atoms with van der Waals surface area (Å²) in [6.07, 6.45) is 2.00. The molecule has 1 rings (SSSR count). The Labute approximate surface area is 78.4 Å². The van der Waals surface area contributed by atoms with E-state index >= 15 is 0 Å². The number of ether oxygens (including phenoxy) is 1. The lowest BCUT2D eigenvalue weighted by Crippen LogP contribution is -2.28. The molecule has 1 aromatic rings. The maximum Gasteiger partial charge on any atom is 0.238 e. The second-order valence-electron chi connectivity index (χ2n) is 3.22. The predicted molar refractivity (Wildman–Crippen MR) is 49.0 cm³/mol. The summed E-state index contributed by atoms with van der Waals surface area (Å²) in [5, 5.41) is 11.5. The maximum absolute atomic E-state index is 11.5. The normalized spacial score (nSPS) is 15.1. The topological polar surface area (TPSA) is 42.0 Å². The van der Waals surface area contributed by atoms with Crippen molar-refractivity contribution in [2.75, 3.05) is 0 Å². The minimum absolute atomic E-state index is 0.431. The van der Waals surface area contributed by atoms with Gasteiger partial charge in [0.2, 0.25) is 5.79 Å². The van der Waals surface area contributed by atoms with Gasteiger partial charge in [0.1, 0.15) is 5.75 Å². The highest BCUT2D eigenvalue weighted by atomic mass is 16.6. The van der Waals surface area contributed by atoms with Crippen LogP contribution in [0.2, 0.25) is 0 Å². The van der Waals surface area contributed by atoms with Crippen LogP contribution in [0.15, 0.2) is 18.3 Å². The molecule has 0 aromatic carbocycles. The summed E-state index contributed by atoms with van der Waals surface area (Å²) in [5.74, 6) is -0.818. The van der Waals surface area contributed by atoms with Crippen LogP contribution < -0.4 is 4.74 Å². The minimum atomic E-state index is -1.35. The highest BCUT2D eigenvalue weighted by Crippen LogP contribution is 2.18. The zero-order valence-corrected chi connectivity index (χ0v) is 8.20. The lowest BCUT2D eigenvalue weighted by atomic mass is 10.2. The Bertz CT molecular complexity index is 267. The van der Waals surface area contributed by atoms with Gasteiger partial charge in [-0.2, -0.15) is 5.11 Å². The number of aromatic nitrogens is 1. The Morgan fingerprint density at radius 1 is 1.54 bits per heavy atom. The molecule has 0 N–H and O–H groups in total. The Kier molecular flexibility index (Phi) is 2.88. The summed E-state index contributed by atoms with van der Waals surface area (Å²) in [7, 11) is 0. The van der Waals surface area contributed by atoms with Gasteiger partial charge in [0.25, 0.3) is 0 Å². The van der Waals surface area contributed by atoms with E-state index in [9.17, 15) is 5.11 Å². The van der Waals surface area contributed by atoms with Crippen LogP contribution in [0.5, 0.6) is 5.75 Å². The minimum Gasteiger partial charge on any atom is -0.458 e. The maximum atomic E-state index is 11.5. The van der Waals surface area contributed by atoms with E-state index < -0.39 is 5.79 Å². The van der Waals surface area contributed by atoms with Gasteiger partial charge in [0, 0.05) is 19.0 Å². The van der Waals surface area contributed by atoms with Crippen molar-refractivity contribution >= 4 is 0 Å². The van der Waals surface area contributed by atoms with Gasteiger partial charge in [-0.3, -0.25) is 4.98 Å². The molecule has 0 amide bonds. The second kappa shape index (κ2) is 3.75. The monoisotopic (exact) mass is 180 g/mol. The molecular weight excluding hydrogens is 166 g/mol. The van der Waals surface area contributed by atoms with E-state index in [-0.39, 0.29) is 0 Å². The van der Waals surface area contributed by atoms with Crippen molar-refractivity contribution in [1.82, 2.24) is 4.98 Å².